The molecule has 2 fully saturated rings. The van der Waals surface area contributed by atoms with Gasteiger partial charge in [0.05, 0.1) is 22.2 Å². The predicted octanol–water partition coefficient (Wildman–Crippen LogP) is 4.38. The first-order chi connectivity index (χ1) is 14.8. The Balaban J connectivity index is 1.74. The van der Waals surface area contributed by atoms with Crippen molar-refractivity contribution in [3.8, 4) is 11.5 Å². The molecule has 2 aliphatic rings. The maximum Gasteiger partial charge on any atom is 0.294 e. The Morgan fingerprint density at radius 2 is 2.00 bits per heavy atom. The summed E-state index contributed by atoms with van der Waals surface area (Å²) in [5, 5.41) is -0.417. The Morgan fingerprint density at radius 3 is 2.65 bits per heavy atom. The van der Waals surface area contributed by atoms with Gasteiger partial charge in [-0.15, -0.1) is 0 Å². The monoisotopic (exact) mass is 558 g/mol. The number of hydrogen-bond donors (Lipinski definition) is 0. The van der Waals surface area contributed by atoms with Crippen LogP contribution in [-0.2, 0) is 9.59 Å². The van der Waals surface area contributed by atoms with Crippen LogP contribution in [0.3, 0.4) is 0 Å². The molecule has 0 spiro atoms. The van der Waals surface area contributed by atoms with E-state index in [0.29, 0.717) is 42.0 Å². The second kappa shape index (κ2) is 10.7. The van der Waals surface area contributed by atoms with Gasteiger partial charge in [0.2, 0.25) is 5.91 Å². The number of piperidine rings is 1. The third kappa shape index (κ3) is 5.74. The SMILES string of the molecule is CCCOc1c(I)cc(/C=C2\SC(=O)N(CC(=O)N3CCC(C)CC3)C2=O)cc1OC. The van der Waals surface area contributed by atoms with Crippen LogP contribution in [0.5, 0.6) is 11.5 Å². The molecule has 0 N–H and O–H groups in total. The molecule has 168 valence electrons. The highest BCUT2D eigenvalue weighted by Gasteiger charge is 2.37. The Bertz CT molecular complexity index is 896. The largest absolute Gasteiger partial charge is 0.493 e. The minimum absolute atomic E-state index is 0.177. The van der Waals surface area contributed by atoms with Crippen LogP contribution in [0.2, 0.25) is 0 Å². The van der Waals surface area contributed by atoms with Crippen LogP contribution in [0, 0.1) is 9.49 Å². The standard InChI is InChI=1S/C22H27IN2O5S/c1-4-9-30-20-16(23)10-15(11-17(20)29-3)12-18-21(27)25(22(28)31-18)13-19(26)24-7-5-14(2)6-8-24/h10-12,14H,4-9,13H2,1-3H3/b18-12-. The molecule has 2 saturated heterocycles. The fraction of sp³-hybridized carbons (Fsp3) is 0.500. The maximum absolute atomic E-state index is 12.8. The summed E-state index contributed by atoms with van der Waals surface area (Å²) in [5.41, 5.74) is 0.729. The molecular formula is C22H27IN2O5S. The number of thioether (sulfide) groups is 1. The van der Waals surface area contributed by atoms with E-state index in [9.17, 15) is 14.4 Å². The first-order valence-corrected chi connectivity index (χ1v) is 12.3. The number of likely N-dealkylation sites (tertiary alicyclic amines) is 1. The molecule has 2 heterocycles. The molecule has 3 rings (SSSR count). The number of carbonyl (C=O) groups excluding carboxylic acids is 3. The summed E-state index contributed by atoms with van der Waals surface area (Å²) < 4.78 is 12.1. The summed E-state index contributed by atoms with van der Waals surface area (Å²) in [6, 6.07) is 3.66. The number of nitrogens with zero attached hydrogens (tertiary/aromatic N) is 2. The number of halogens is 1. The molecule has 0 bridgehead atoms. The van der Waals surface area contributed by atoms with Crippen LogP contribution in [0.25, 0.3) is 6.08 Å². The third-order valence-electron chi connectivity index (χ3n) is 5.30. The first-order valence-electron chi connectivity index (χ1n) is 10.4. The van der Waals surface area contributed by atoms with Crippen molar-refractivity contribution in [1.29, 1.82) is 0 Å². The quantitative estimate of drug-likeness (QED) is 0.365. The molecule has 0 unspecified atom stereocenters. The van der Waals surface area contributed by atoms with Crippen LogP contribution >= 0.6 is 34.4 Å². The normalized spacial score (nSPS) is 18.8. The molecule has 0 atom stereocenters. The van der Waals surface area contributed by atoms with Crippen molar-refractivity contribution in [3.05, 3.63) is 26.2 Å². The van der Waals surface area contributed by atoms with E-state index in [0.717, 1.165) is 45.1 Å². The maximum atomic E-state index is 12.8. The van der Waals surface area contributed by atoms with Crippen molar-refractivity contribution in [2.24, 2.45) is 5.92 Å². The average Bonchev–Trinajstić information content (AvgIpc) is 3.00. The number of amides is 3. The van der Waals surface area contributed by atoms with Gasteiger partial charge in [0, 0.05) is 13.1 Å². The topological polar surface area (TPSA) is 76.2 Å². The van der Waals surface area contributed by atoms with Crippen LogP contribution in [0.1, 0.15) is 38.7 Å². The average molecular weight is 558 g/mol. The van der Waals surface area contributed by atoms with Crippen LogP contribution in [0.4, 0.5) is 4.79 Å². The number of ether oxygens (including phenoxy) is 2. The van der Waals surface area contributed by atoms with Gasteiger partial charge >= 0.3 is 0 Å². The molecule has 0 saturated carbocycles. The van der Waals surface area contributed by atoms with E-state index < -0.39 is 11.1 Å². The third-order valence-corrected chi connectivity index (χ3v) is 7.01. The van der Waals surface area contributed by atoms with Crippen molar-refractivity contribution in [2.75, 3.05) is 33.4 Å². The number of methoxy groups -OCH3 is 1. The zero-order valence-electron chi connectivity index (χ0n) is 18.0. The lowest BCUT2D eigenvalue weighted by Gasteiger charge is -2.31. The minimum atomic E-state index is -0.436. The van der Waals surface area contributed by atoms with E-state index in [1.807, 2.05) is 13.0 Å². The summed E-state index contributed by atoms with van der Waals surface area (Å²) in [7, 11) is 1.56. The Hall–Kier alpha value is -1.75. The van der Waals surface area contributed by atoms with E-state index in [1.165, 1.54) is 0 Å². The molecule has 0 aromatic heterocycles. The molecule has 31 heavy (non-hydrogen) atoms. The number of carbonyl (C=O) groups is 3. The van der Waals surface area contributed by atoms with Crippen molar-refractivity contribution in [1.82, 2.24) is 9.80 Å². The van der Waals surface area contributed by atoms with Gasteiger partial charge in [0.25, 0.3) is 11.1 Å². The summed E-state index contributed by atoms with van der Waals surface area (Å²) in [6.45, 7) is 5.92. The molecule has 1 aromatic carbocycles. The van der Waals surface area contributed by atoms with E-state index in [2.05, 4.69) is 29.5 Å². The summed E-state index contributed by atoms with van der Waals surface area (Å²) in [4.78, 5) is 40.9. The summed E-state index contributed by atoms with van der Waals surface area (Å²) >= 11 is 3.02. The van der Waals surface area contributed by atoms with Gasteiger partial charge in [-0.2, -0.15) is 0 Å². The smallest absolute Gasteiger partial charge is 0.294 e. The van der Waals surface area contributed by atoms with E-state index >= 15 is 0 Å². The Kier molecular flexibility index (Phi) is 8.26. The lowest BCUT2D eigenvalue weighted by molar-refractivity contribution is -0.136. The van der Waals surface area contributed by atoms with Crippen molar-refractivity contribution < 1.29 is 23.9 Å². The number of hydrogen-bond acceptors (Lipinski definition) is 6. The van der Waals surface area contributed by atoms with E-state index in [-0.39, 0.29) is 12.5 Å². The summed E-state index contributed by atoms with van der Waals surface area (Å²) in [5.74, 6) is 1.22. The van der Waals surface area contributed by atoms with Gasteiger partial charge in [0.1, 0.15) is 6.54 Å². The minimum Gasteiger partial charge on any atom is -0.493 e. The van der Waals surface area contributed by atoms with Gasteiger partial charge in [-0.25, -0.2) is 0 Å². The molecule has 3 amide bonds. The fourth-order valence-electron chi connectivity index (χ4n) is 3.45. The Morgan fingerprint density at radius 1 is 1.29 bits per heavy atom. The highest BCUT2D eigenvalue weighted by Crippen LogP contribution is 2.37. The first kappa shape index (κ1) is 23.9. The van der Waals surface area contributed by atoms with E-state index in [1.54, 1.807) is 24.2 Å². The number of benzene rings is 1. The molecule has 0 aliphatic carbocycles. The predicted molar refractivity (Wildman–Crippen MR) is 129 cm³/mol. The van der Waals surface area contributed by atoms with Gasteiger partial charge in [-0.1, -0.05) is 13.8 Å². The van der Waals surface area contributed by atoms with Gasteiger partial charge < -0.3 is 14.4 Å². The number of rotatable bonds is 7. The second-order valence-corrected chi connectivity index (χ2v) is 9.87. The van der Waals surface area contributed by atoms with Crippen molar-refractivity contribution in [3.63, 3.8) is 0 Å². The van der Waals surface area contributed by atoms with E-state index in [4.69, 9.17) is 9.47 Å². The zero-order chi connectivity index (χ0) is 22.5. The van der Waals surface area contributed by atoms with Crippen molar-refractivity contribution >= 4 is 57.5 Å². The molecule has 1 aromatic rings. The molecule has 7 nitrogen and oxygen atoms in total. The highest BCUT2D eigenvalue weighted by molar-refractivity contribution is 14.1. The fourth-order valence-corrected chi connectivity index (χ4v) is 5.07. The second-order valence-electron chi connectivity index (χ2n) is 7.71. The van der Waals surface area contributed by atoms with Gasteiger partial charge in [0.15, 0.2) is 11.5 Å². The lowest BCUT2D eigenvalue weighted by atomic mass is 9.99. The molecular weight excluding hydrogens is 531 g/mol. The summed E-state index contributed by atoms with van der Waals surface area (Å²) in [6.07, 6.45) is 4.44. The molecule has 2 aliphatic heterocycles. The highest BCUT2D eigenvalue weighted by atomic mass is 127. The van der Waals surface area contributed by atoms with Gasteiger partial charge in [-0.3, -0.25) is 19.3 Å². The number of imide groups is 1. The lowest BCUT2D eigenvalue weighted by Crippen LogP contribution is -2.45. The molecule has 9 heteroatoms. The van der Waals surface area contributed by atoms with Crippen molar-refractivity contribution in [2.45, 2.75) is 33.1 Å². The van der Waals surface area contributed by atoms with Gasteiger partial charge in [-0.05, 0) is 83.3 Å². The van der Waals surface area contributed by atoms with Crippen LogP contribution in [0.15, 0.2) is 17.0 Å². The zero-order valence-corrected chi connectivity index (χ0v) is 21.0. The molecule has 0 radical (unpaired) electrons. The van der Waals surface area contributed by atoms with Crippen LogP contribution < -0.4 is 9.47 Å². The Labute approximate surface area is 200 Å². The van der Waals surface area contributed by atoms with Crippen LogP contribution in [-0.4, -0.2) is 60.2 Å².